The summed E-state index contributed by atoms with van der Waals surface area (Å²) in [5.74, 6) is 1.63. The summed E-state index contributed by atoms with van der Waals surface area (Å²) in [6.45, 7) is 5.53. The molecule has 2 heteroatoms. The number of benzene rings is 1. The molecule has 1 unspecified atom stereocenters. The van der Waals surface area contributed by atoms with E-state index in [1.54, 1.807) is 7.11 Å². The van der Waals surface area contributed by atoms with Crippen molar-refractivity contribution in [2.24, 2.45) is 5.92 Å². The van der Waals surface area contributed by atoms with Crippen LogP contribution in [-0.2, 0) is 0 Å². The highest BCUT2D eigenvalue weighted by atomic mass is 16.5. The third-order valence-electron chi connectivity index (χ3n) is 2.51. The van der Waals surface area contributed by atoms with Crippen LogP contribution in [0.1, 0.15) is 26.7 Å². The molecule has 0 radical (unpaired) electrons. The van der Waals surface area contributed by atoms with E-state index in [0.717, 1.165) is 23.9 Å². The first-order valence-corrected chi connectivity index (χ1v) is 5.64. The summed E-state index contributed by atoms with van der Waals surface area (Å²) in [6, 6.07) is 8.06. The van der Waals surface area contributed by atoms with Crippen LogP contribution in [-0.4, -0.2) is 13.7 Å². The lowest BCUT2D eigenvalue weighted by molar-refractivity contribution is 0.415. The highest BCUT2D eigenvalue weighted by molar-refractivity contribution is 5.48. The van der Waals surface area contributed by atoms with E-state index in [1.165, 1.54) is 12.8 Å². The standard InChI is InChI=1S/C13H21NO/c1-4-6-11(2)10-14-12-7-5-8-13(9-12)15-3/h5,7-9,11,14H,4,6,10H2,1-3H3. The molecular formula is C13H21NO. The van der Waals surface area contributed by atoms with Gasteiger partial charge in [-0.15, -0.1) is 0 Å². The zero-order valence-corrected chi connectivity index (χ0v) is 9.92. The molecule has 0 aliphatic rings. The number of rotatable bonds is 6. The Bertz CT molecular complexity index is 286. The van der Waals surface area contributed by atoms with Crippen molar-refractivity contribution in [1.29, 1.82) is 0 Å². The first-order valence-electron chi connectivity index (χ1n) is 5.64. The van der Waals surface area contributed by atoms with Crippen molar-refractivity contribution in [3.05, 3.63) is 24.3 Å². The van der Waals surface area contributed by atoms with Gasteiger partial charge in [0.05, 0.1) is 7.11 Å². The topological polar surface area (TPSA) is 21.3 Å². The van der Waals surface area contributed by atoms with E-state index in [4.69, 9.17) is 4.74 Å². The molecule has 0 aromatic heterocycles. The van der Waals surface area contributed by atoms with Crippen LogP contribution in [0.4, 0.5) is 5.69 Å². The van der Waals surface area contributed by atoms with Gasteiger partial charge in [-0.25, -0.2) is 0 Å². The van der Waals surface area contributed by atoms with Crippen molar-refractivity contribution in [3.63, 3.8) is 0 Å². The van der Waals surface area contributed by atoms with Gasteiger partial charge in [0.25, 0.3) is 0 Å². The van der Waals surface area contributed by atoms with Crippen LogP contribution < -0.4 is 10.1 Å². The monoisotopic (exact) mass is 207 g/mol. The maximum atomic E-state index is 5.17. The molecule has 15 heavy (non-hydrogen) atoms. The van der Waals surface area contributed by atoms with Gasteiger partial charge in [-0.1, -0.05) is 26.3 Å². The molecule has 1 aromatic rings. The molecule has 0 bridgehead atoms. The van der Waals surface area contributed by atoms with Crippen LogP contribution >= 0.6 is 0 Å². The molecule has 1 atom stereocenters. The largest absolute Gasteiger partial charge is 0.497 e. The van der Waals surface area contributed by atoms with E-state index in [1.807, 2.05) is 18.2 Å². The second-order valence-electron chi connectivity index (χ2n) is 4.01. The van der Waals surface area contributed by atoms with E-state index in [0.29, 0.717) is 0 Å². The SMILES string of the molecule is CCCC(C)CNc1cccc(OC)c1. The van der Waals surface area contributed by atoms with E-state index >= 15 is 0 Å². The molecule has 2 nitrogen and oxygen atoms in total. The van der Waals surface area contributed by atoms with Crippen molar-refractivity contribution in [3.8, 4) is 5.75 Å². The molecule has 0 aliphatic carbocycles. The number of nitrogens with one attached hydrogen (secondary N) is 1. The van der Waals surface area contributed by atoms with Crippen molar-refractivity contribution in [2.75, 3.05) is 19.0 Å². The van der Waals surface area contributed by atoms with Gasteiger partial charge < -0.3 is 10.1 Å². The normalized spacial score (nSPS) is 12.2. The number of hydrogen-bond acceptors (Lipinski definition) is 2. The fourth-order valence-electron chi connectivity index (χ4n) is 1.62. The molecule has 0 heterocycles. The van der Waals surface area contributed by atoms with Gasteiger partial charge in [0, 0.05) is 18.3 Å². The maximum absolute atomic E-state index is 5.17. The first-order chi connectivity index (χ1) is 7.26. The smallest absolute Gasteiger partial charge is 0.120 e. The Labute approximate surface area is 92.6 Å². The summed E-state index contributed by atoms with van der Waals surface area (Å²) < 4.78 is 5.17. The maximum Gasteiger partial charge on any atom is 0.120 e. The Morgan fingerprint density at radius 1 is 1.40 bits per heavy atom. The van der Waals surface area contributed by atoms with Crippen LogP contribution in [0, 0.1) is 5.92 Å². The zero-order chi connectivity index (χ0) is 11.1. The van der Waals surface area contributed by atoms with Crippen molar-refractivity contribution in [1.82, 2.24) is 0 Å². The highest BCUT2D eigenvalue weighted by Crippen LogP contribution is 2.17. The van der Waals surface area contributed by atoms with Gasteiger partial charge in [0.2, 0.25) is 0 Å². The molecule has 0 aliphatic heterocycles. The van der Waals surface area contributed by atoms with Gasteiger partial charge in [-0.3, -0.25) is 0 Å². The number of hydrogen-bond donors (Lipinski definition) is 1. The second kappa shape index (κ2) is 6.33. The van der Waals surface area contributed by atoms with Crippen molar-refractivity contribution >= 4 is 5.69 Å². The fourth-order valence-corrected chi connectivity index (χ4v) is 1.62. The minimum absolute atomic E-state index is 0.723. The summed E-state index contributed by atoms with van der Waals surface area (Å²) in [5, 5.41) is 3.42. The van der Waals surface area contributed by atoms with Crippen LogP contribution in [0.2, 0.25) is 0 Å². The summed E-state index contributed by atoms with van der Waals surface area (Å²) in [6.07, 6.45) is 2.53. The van der Waals surface area contributed by atoms with Crippen LogP contribution in [0.5, 0.6) is 5.75 Å². The minimum atomic E-state index is 0.723. The Hall–Kier alpha value is -1.18. The Morgan fingerprint density at radius 3 is 2.87 bits per heavy atom. The Balaban J connectivity index is 2.43. The lowest BCUT2D eigenvalue weighted by atomic mass is 10.1. The quantitative estimate of drug-likeness (QED) is 0.770. The molecular weight excluding hydrogens is 186 g/mol. The summed E-state index contributed by atoms with van der Waals surface area (Å²) in [4.78, 5) is 0. The molecule has 1 rings (SSSR count). The Kier molecular flexibility index (Phi) is 5.02. The summed E-state index contributed by atoms with van der Waals surface area (Å²) in [5.41, 5.74) is 1.14. The molecule has 1 aromatic carbocycles. The summed E-state index contributed by atoms with van der Waals surface area (Å²) >= 11 is 0. The van der Waals surface area contributed by atoms with E-state index in [9.17, 15) is 0 Å². The molecule has 0 fully saturated rings. The average molecular weight is 207 g/mol. The highest BCUT2D eigenvalue weighted by Gasteiger charge is 2.00. The number of methoxy groups -OCH3 is 1. The average Bonchev–Trinajstić information content (AvgIpc) is 2.27. The van der Waals surface area contributed by atoms with E-state index in [2.05, 4.69) is 25.2 Å². The molecule has 0 saturated heterocycles. The second-order valence-corrected chi connectivity index (χ2v) is 4.01. The van der Waals surface area contributed by atoms with E-state index < -0.39 is 0 Å². The first kappa shape index (κ1) is 11.9. The van der Waals surface area contributed by atoms with Gasteiger partial charge in [0.1, 0.15) is 5.75 Å². The Morgan fingerprint density at radius 2 is 2.20 bits per heavy atom. The lowest BCUT2D eigenvalue weighted by Crippen LogP contribution is -2.10. The number of ether oxygens (including phenoxy) is 1. The van der Waals surface area contributed by atoms with Gasteiger partial charge in [-0.05, 0) is 24.5 Å². The van der Waals surface area contributed by atoms with Crippen LogP contribution in [0.25, 0.3) is 0 Å². The van der Waals surface area contributed by atoms with Gasteiger partial charge >= 0.3 is 0 Å². The minimum Gasteiger partial charge on any atom is -0.497 e. The number of anilines is 1. The lowest BCUT2D eigenvalue weighted by Gasteiger charge is -2.13. The van der Waals surface area contributed by atoms with Gasteiger partial charge in [-0.2, -0.15) is 0 Å². The predicted octanol–water partition coefficient (Wildman–Crippen LogP) is 3.54. The molecule has 0 spiro atoms. The fraction of sp³-hybridized carbons (Fsp3) is 0.538. The van der Waals surface area contributed by atoms with Gasteiger partial charge in [0.15, 0.2) is 0 Å². The predicted molar refractivity (Wildman–Crippen MR) is 65.6 cm³/mol. The molecule has 84 valence electrons. The van der Waals surface area contributed by atoms with E-state index in [-0.39, 0.29) is 0 Å². The summed E-state index contributed by atoms with van der Waals surface area (Å²) in [7, 11) is 1.69. The zero-order valence-electron chi connectivity index (χ0n) is 9.92. The van der Waals surface area contributed by atoms with Crippen molar-refractivity contribution < 1.29 is 4.74 Å². The van der Waals surface area contributed by atoms with Crippen LogP contribution in [0.3, 0.4) is 0 Å². The molecule has 1 N–H and O–H groups in total. The third-order valence-corrected chi connectivity index (χ3v) is 2.51. The van der Waals surface area contributed by atoms with Crippen LogP contribution in [0.15, 0.2) is 24.3 Å². The molecule has 0 saturated carbocycles. The molecule has 0 amide bonds. The van der Waals surface area contributed by atoms with Crippen molar-refractivity contribution in [2.45, 2.75) is 26.7 Å². The third kappa shape index (κ3) is 4.24.